The van der Waals surface area contributed by atoms with Gasteiger partial charge in [0.05, 0.1) is 4.92 Å². The first-order valence-electron chi connectivity index (χ1n) is 6.78. The summed E-state index contributed by atoms with van der Waals surface area (Å²) in [5.74, 6) is 0.270. The normalized spacial score (nSPS) is 10.4. The lowest BCUT2D eigenvalue weighted by atomic mass is 10.1. The molecule has 0 aliphatic heterocycles. The van der Waals surface area contributed by atoms with Gasteiger partial charge < -0.3 is 4.90 Å². The maximum absolute atomic E-state index is 11.3. The Labute approximate surface area is 129 Å². The molecule has 5 heteroatoms. The van der Waals surface area contributed by atoms with E-state index in [1.54, 1.807) is 12.1 Å². The molecule has 0 bridgehead atoms. The molecule has 0 N–H and O–H groups in total. The van der Waals surface area contributed by atoms with E-state index in [9.17, 15) is 10.1 Å². The van der Waals surface area contributed by atoms with Crippen molar-refractivity contribution in [1.29, 1.82) is 0 Å². The van der Waals surface area contributed by atoms with Crippen LogP contribution in [0.15, 0.2) is 48.5 Å². The third-order valence-electron chi connectivity index (χ3n) is 3.33. The Balaban J connectivity index is 2.35. The van der Waals surface area contributed by atoms with E-state index < -0.39 is 0 Å². The highest BCUT2D eigenvalue weighted by molar-refractivity contribution is 6.17. The summed E-state index contributed by atoms with van der Waals surface area (Å²) in [6, 6.07) is 15.1. The van der Waals surface area contributed by atoms with Crippen molar-refractivity contribution in [2.75, 3.05) is 11.4 Å². The van der Waals surface area contributed by atoms with Crippen LogP contribution < -0.4 is 4.90 Å². The van der Waals surface area contributed by atoms with Crippen LogP contribution in [0.2, 0.25) is 0 Å². The monoisotopic (exact) mass is 304 g/mol. The van der Waals surface area contributed by atoms with Crippen molar-refractivity contribution in [1.82, 2.24) is 0 Å². The highest BCUT2D eigenvalue weighted by atomic mass is 35.5. The van der Waals surface area contributed by atoms with Crippen LogP contribution in [-0.2, 0) is 12.4 Å². The highest BCUT2D eigenvalue weighted by Gasteiger charge is 2.19. The standard InChI is InChI=1S/C16H17ClN2O2/c1-2-18(12-13-6-4-3-5-7-13)15-9-8-14(11-17)10-16(15)19(20)21/h3-10H,2,11-12H2,1H3. The Kier molecular flexibility index (Phi) is 5.17. The van der Waals surface area contributed by atoms with E-state index in [4.69, 9.17) is 11.6 Å². The molecule has 0 aliphatic rings. The summed E-state index contributed by atoms with van der Waals surface area (Å²) in [6.07, 6.45) is 0. The second-order valence-corrected chi connectivity index (χ2v) is 4.98. The molecule has 0 saturated heterocycles. The number of nitro groups is 1. The lowest BCUT2D eigenvalue weighted by Gasteiger charge is -2.23. The number of rotatable bonds is 6. The van der Waals surface area contributed by atoms with Crippen molar-refractivity contribution in [2.24, 2.45) is 0 Å². The fourth-order valence-corrected chi connectivity index (χ4v) is 2.40. The van der Waals surface area contributed by atoms with Crippen LogP contribution in [0.25, 0.3) is 0 Å². The van der Waals surface area contributed by atoms with Crippen molar-refractivity contribution in [2.45, 2.75) is 19.3 Å². The van der Waals surface area contributed by atoms with E-state index in [1.807, 2.05) is 48.2 Å². The van der Waals surface area contributed by atoms with Crippen molar-refractivity contribution >= 4 is 23.0 Å². The van der Waals surface area contributed by atoms with Gasteiger partial charge in [-0.1, -0.05) is 36.4 Å². The molecule has 0 fully saturated rings. The van der Waals surface area contributed by atoms with E-state index in [2.05, 4.69) is 0 Å². The van der Waals surface area contributed by atoms with Gasteiger partial charge in [-0.05, 0) is 24.1 Å². The Bertz CT molecular complexity index is 617. The fourth-order valence-electron chi connectivity index (χ4n) is 2.24. The van der Waals surface area contributed by atoms with E-state index >= 15 is 0 Å². The van der Waals surface area contributed by atoms with Crippen molar-refractivity contribution < 1.29 is 4.92 Å². The van der Waals surface area contributed by atoms with Crippen LogP contribution in [0.4, 0.5) is 11.4 Å². The van der Waals surface area contributed by atoms with Crippen LogP contribution in [0.5, 0.6) is 0 Å². The predicted molar refractivity (Wildman–Crippen MR) is 85.8 cm³/mol. The molecule has 0 amide bonds. The molecular weight excluding hydrogens is 288 g/mol. The van der Waals surface area contributed by atoms with Gasteiger partial charge in [0.15, 0.2) is 0 Å². The average Bonchev–Trinajstić information content (AvgIpc) is 2.53. The highest BCUT2D eigenvalue weighted by Crippen LogP contribution is 2.30. The molecule has 21 heavy (non-hydrogen) atoms. The summed E-state index contributed by atoms with van der Waals surface area (Å²) >= 11 is 5.76. The topological polar surface area (TPSA) is 46.4 Å². The summed E-state index contributed by atoms with van der Waals surface area (Å²) in [4.78, 5) is 12.9. The van der Waals surface area contributed by atoms with Crippen molar-refractivity contribution in [3.05, 3.63) is 69.8 Å². The van der Waals surface area contributed by atoms with Gasteiger partial charge >= 0.3 is 0 Å². The predicted octanol–water partition coefficient (Wildman–Crippen LogP) is 4.36. The Morgan fingerprint density at radius 3 is 2.43 bits per heavy atom. The molecular formula is C16H17ClN2O2. The molecule has 2 rings (SSSR count). The number of alkyl halides is 1. The molecule has 0 aliphatic carbocycles. The third kappa shape index (κ3) is 3.73. The van der Waals surface area contributed by atoms with E-state index in [-0.39, 0.29) is 16.5 Å². The van der Waals surface area contributed by atoms with Gasteiger partial charge in [-0.2, -0.15) is 0 Å². The van der Waals surface area contributed by atoms with Gasteiger partial charge in [0, 0.05) is 25.0 Å². The second kappa shape index (κ2) is 7.09. The van der Waals surface area contributed by atoms with Crippen LogP contribution in [0.1, 0.15) is 18.1 Å². The third-order valence-corrected chi connectivity index (χ3v) is 3.64. The van der Waals surface area contributed by atoms with Crippen LogP contribution in [0, 0.1) is 10.1 Å². The largest absolute Gasteiger partial charge is 0.362 e. The Hall–Kier alpha value is -2.07. The smallest absolute Gasteiger partial charge is 0.292 e. The van der Waals surface area contributed by atoms with Gasteiger partial charge in [0.25, 0.3) is 5.69 Å². The Morgan fingerprint density at radius 1 is 1.14 bits per heavy atom. The van der Waals surface area contributed by atoms with Gasteiger partial charge in [-0.3, -0.25) is 10.1 Å². The van der Waals surface area contributed by atoms with Crippen LogP contribution >= 0.6 is 11.6 Å². The summed E-state index contributed by atoms with van der Waals surface area (Å²) in [5.41, 5.74) is 2.60. The quantitative estimate of drug-likeness (QED) is 0.452. The van der Waals surface area contributed by atoms with Crippen molar-refractivity contribution in [3.63, 3.8) is 0 Å². The average molecular weight is 305 g/mol. The zero-order valence-corrected chi connectivity index (χ0v) is 12.6. The molecule has 0 atom stereocenters. The molecule has 110 valence electrons. The van der Waals surface area contributed by atoms with E-state index in [1.165, 1.54) is 0 Å². The molecule has 0 heterocycles. The summed E-state index contributed by atoms with van der Waals surface area (Å²) in [7, 11) is 0. The zero-order valence-electron chi connectivity index (χ0n) is 11.8. The minimum Gasteiger partial charge on any atom is -0.362 e. The first-order valence-corrected chi connectivity index (χ1v) is 7.31. The number of halogens is 1. The first-order chi connectivity index (χ1) is 10.2. The van der Waals surface area contributed by atoms with Crippen molar-refractivity contribution in [3.8, 4) is 0 Å². The van der Waals surface area contributed by atoms with Gasteiger partial charge in [-0.25, -0.2) is 0 Å². The van der Waals surface area contributed by atoms with E-state index in [0.29, 0.717) is 18.8 Å². The van der Waals surface area contributed by atoms with Crippen LogP contribution in [0.3, 0.4) is 0 Å². The van der Waals surface area contributed by atoms with Gasteiger partial charge in [-0.15, -0.1) is 11.6 Å². The Morgan fingerprint density at radius 2 is 1.86 bits per heavy atom. The molecule has 0 unspecified atom stereocenters. The van der Waals surface area contributed by atoms with Gasteiger partial charge in [0.1, 0.15) is 5.69 Å². The fraction of sp³-hybridized carbons (Fsp3) is 0.250. The lowest BCUT2D eigenvalue weighted by Crippen LogP contribution is -2.23. The minimum absolute atomic E-state index is 0.103. The zero-order chi connectivity index (χ0) is 15.2. The number of benzene rings is 2. The summed E-state index contributed by atoms with van der Waals surface area (Å²) in [6.45, 7) is 3.32. The van der Waals surface area contributed by atoms with Gasteiger partial charge in [0.2, 0.25) is 0 Å². The molecule has 2 aromatic rings. The number of nitrogens with zero attached hydrogens (tertiary/aromatic N) is 2. The molecule has 0 radical (unpaired) electrons. The number of hydrogen-bond acceptors (Lipinski definition) is 3. The summed E-state index contributed by atoms with van der Waals surface area (Å²) in [5, 5.41) is 11.3. The molecule has 2 aromatic carbocycles. The molecule has 0 saturated carbocycles. The maximum atomic E-state index is 11.3. The maximum Gasteiger partial charge on any atom is 0.292 e. The minimum atomic E-state index is -0.348. The van der Waals surface area contributed by atoms with Crippen LogP contribution in [-0.4, -0.2) is 11.5 Å². The molecule has 0 spiro atoms. The number of anilines is 1. The SMILES string of the molecule is CCN(Cc1ccccc1)c1ccc(CCl)cc1[N+](=O)[O-]. The van der Waals surface area contributed by atoms with E-state index in [0.717, 1.165) is 11.1 Å². The first kappa shape index (κ1) is 15.3. The summed E-state index contributed by atoms with van der Waals surface area (Å²) < 4.78 is 0. The second-order valence-electron chi connectivity index (χ2n) is 4.71. The molecule has 4 nitrogen and oxygen atoms in total. The molecule has 0 aromatic heterocycles. The number of nitro benzene ring substituents is 1. The lowest BCUT2D eigenvalue weighted by molar-refractivity contribution is -0.384. The number of hydrogen-bond donors (Lipinski definition) is 0.